The first-order valence-corrected chi connectivity index (χ1v) is 11.3. The molecule has 0 amide bonds. The van der Waals surface area contributed by atoms with E-state index in [0.29, 0.717) is 36.9 Å². The van der Waals surface area contributed by atoms with Crippen molar-refractivity contribution in [3.8, 4) is 34.0 Å². The SMILES string of the molecule is CC(N)(CO)CCc1ccc2c(c1)CCc1c-2noc1-c1noc(-c2ccccc2)c1C(F)(F)F. The average Bonchev–Trinajstić information content (AvgIpc) is 3.47. The number of alkyl halides is 3. The van der Waals surface area contributed by atoms with Crippen molar-refractivity contribution in [3.63, 3.8) is 0 Å². The highest BCUT2D eigenvalue weighted by molar-refractivity contribution is 5.79. The Bertz CT molecular complexity index is 1360. The van der Waals surface area contributed by atoms with E-state index in [4.69, 9.17) is 14.8 Å². The molecule has 1 aliphatic rings. The first-order valence-electron chi connectivity index (χ1n) is 11.3. The van der Waals surface area contributed by atoms with Crippen LogP contribution < -0.4 is 5.73 Å². The Balaban J connectivity index is 1.52. The number of aliphatic hydroxyl groups excluding tert-OH is 1. The molecular weight excluding hydrogens is 459 g/mol. The zero-order valence-corrected chi connectivity index (χ0v) is 19.0. The van der Waals surface area contributed by atoms with E-state index in [-0.39, 0.29) is 23.7 Å². The summed E-state index contributed by atoms with van der Waals surface area (Å²) in [4.78, 5) is 0. The standard InChI is InChI=1S/C26H24F3N3O3/c1-25(30,14-33)12-11-15-7-9-18-17(13-15)8-10-19-21(18)31-35-24(19)22-20(26(27,28)29)23(34-32-22)16-5-3-2-4-6-16/h2-7,9,13,33H,8,10-12,14,30H2,1H3. The van der Waals surface area contributed by atoms with Crippen LogP contribution in [-0.2, 0) is 25.4 Å². The summed E-state index contributed by atoms with van der Waals surface area (Å²) in [5.41, 5.74) is 8.33. The second-order valence-electron chi connectivity index (χ2n) is 9.24. The van der Waals surface area contributed by atoms with Gasteiger partial charge in [0.05, 0.1) is 6.61 Å². The van der Waals surface area contributed by atoms with E-state index in [1.807, 2.05) is 12.1 Å². The van der Waals surface area contributed by atoms with E-state index < -0.39 is 23.0 Å². The number of halogens is 3. The summed E-state index contributed by atoms with van der Waals surface area (Å²) < 4.78 is 53.0. The average molecular weight is 483 g/mol. The second kappa shape index (κ2) is 8.66. The van der Waals surface area contributed by atoms with Crippen molar-refractivity contribution in [2.75, 3.05) is 6.61 Å². The molecule has 2 aromatic carbocycles. The molecule has 0 bridgehead atoms. The molecule has 9 heteroatoms. The third-order valence-corrected chi connectivity index (χ3v) is 6.43. The van der Waals surface area contributed by atoms with Gasteiger partial charge in [0.1, 0.15) is 11.3 Å². The number of hydrogen-bond donors (Lipinski definition) is 2. The van der Waals surface area contributed by atoms with Crippen LogP contribution in [0.25, 0.3) is 34.0 Å². The van der Waals surface area contributed by atoms with Crippen molar-refractivity contribution in [2.45, 2.75) is 44.3 Å². The lowest BCUT2D eigenvalue weighted by atomic mass is 9.86. The molecule has 35 heavy (non-hydrogen) atoms. The minimum Gasteiger partial charge on any atom is -0.394 e. The van der Waals surface area contributed by atoms with Gasteiger partial charge in [0.2, 0.25) is 0 Å². The molecule has 6 nitrogen and oxygen atoms in total. The zero-order valence-electron chi connectivity index (χ0n) is 19.0. The quantitative estimate of drug-likeness (QED) is 0.380. The molecule has 2 heterocycles. The van der Waals surface area contributed by atoms with E-state index in [0.717, 1.165) is 16.7 Å². The molecule has 5 rings (SSSR count). The van der Waals surface area contributed by atoms with E-state index in [9.17, 15) is 18.3 Å². The van der Waals surface area contributed by atoms with Gasteiger partial charge in [-0.25, -0.2) is 0 Å². The van der Waals surface area contributed by atoms with Crippen LogP contribution in [0.5, 0.6) is 0 Å². The predicted molar refractivity (Wildman–Crippen MR) is 123 cm³/mol. The van der Waals surface area contributed by atoms with Crippen molar-refractivity contribution < 1.29 is 27.3 Å². The molecule has 0 saturated carbocycles. The number of rotatable bonds is 6. The van der Waals surface area contributed by atoms with Crippen molar-refractivity contribution in [3.05, 3.63) is 70.8 Å². The number of hydrogen-bond acceptors (Lipinski definition) is 6. The monoisotopic (exact) mass is 483 g/mol. The summed E-state index contributed by atoms with van der Waals surface area (Å²) in [6, 6.07) is 14.0. The van der Waals surface area contributed by atoms with Crippen LogP contribution in [0.15, 0.2) is 57.6 Å². The summed E-state index contributed by atoms with van der Waals surface area (Å²) in [7, 11) is 0. The Morgan fingerprint density at radius 2 is 1.69 bits per heavy atom. The summed E-state index contributed by atoms with van der Waals surface area (Å²) in [6.45, 7) is 1.70. The summed E-state index contributed by atoms with van der Waals surface area (Å²) in [5, 5.41) is 17.3. The third-order valence-electron chi connectivity index (χ3n) is 6.43. The number of aryl methyl sites for hydroxylation is 2. The Hall–Kier alpha value is -3.43. The van der Waals surface area contributed by atoms with Gasteiger partial charge >= 0.3 is 6.18 Å². The van der Waals surface area contributed by atoms with Crippen LogP contribution in [0, 0.1) is 0 Å². The van der Waals surface area contributed by atoms with Crippen LogP contribution in [0.2, 0.25) is 0 Å². The summed E-state index contributed by atoms with van der Waals surface area (Å²) in [5.74, 6) is -0.372. The van der Waals surface area contributed by atoms with Crippen molar-refractivity contribution in [1.29, 1.82) is 0 Å². The van der Waals surface area contributed by atoms with E-state index in [1.165, 1.54) is 12.1 Å². The maximum absolute atomic E-state index is 14.1. The molecule has 0 fully saturated rings. The summed E-state index contributed by atoms with van der Waals surface area (Å²) >= 11 is 0. The van der Waals surface area contributed by atoms with Gasteiger partial charge in [-0.1, -0.05) is 58.8 Å². The number of benzene rings is 2. The molecule has 4 aromatic rings. The van der Waals surface area contributed by atoms with Gasteiger partial charge in [0.25, 0.3) is 0 Å². The van der Waals surface area contributed by atoms with Crippen molar-refractivity contribution in [2.24, 2.45) is 5.73 Å². The van der Waals surface area contributed by atoms with Crippen LogP contribution in [0.1, 0.15) is 35.6 Å². The molecule has 0 radical (unpaired) electrons. The molecule has 1 unspecified atom stereocenters. The lowest BCUT2D eigenvalue weighted by molar-refractivity contribution is -0.136. The molecule has 3 N–H and O–H groups in total. The normalized spacial score (nSPS) is 14.9. The van der Waals surface area contributed by atoms with E-state index >= 15 is 0 Å². The Labute approximate surface area is 199 Å². The zero-order chi connectivity index (χ0) is 24.8. The Morgan fingerprint density at radius 3 is 2.40 bits per heavy atom. The van der Waals surface area contributed by atoms with Gasteiger partial charge in [-0.15, -0.1) is 0 Å². The molecule has 182 valence electrons. The number of nitrogens with zero attached hydrogens (tertiary/aromatic N) is 2. The van der Waals surface area contributed by atoms with E-state index in [2.05, 4.69) is 16.4 Å². The summed E-state index contributed by atoms with van der Waals surface area (Å²) in [6.07, 6.45) is -2.30. The molecule has 0 aliphatic heterocycles. The van der Waals surface area contributed by atoms with Crippen LogP contribution in [0.3, 0.4) is 0 Å². The smallest absolute Gasteiger partial charge is 0.394 e. The van der Waals surface area contributed by atoms with Gasteiger partial charge in [-0.3, -0.25) is 0 Å². The van der Waals surface area contributed by atoms with Gasteiger partial charge in [0, 0.05) is 22.2 Å². The van der Waals surface area contributed by atoms with Crippen molar-refractivity contribution >= 4 is 0 Å². The molecular formula is C26H24F3N3O3. The van der Waals surface area contributed by atoms with Crippen LogP contribution in [0.4, 0.5) is 13.2 Å². The lowest BCUT2D eigenvalue weighted by Gasteiger charge is -2.22. The third kappa shape index (κ3) is 4.37. The van der Waals surface area contributed by atoms with Gasteiger partial charge in [-0.2, -0.15) is 13.2 Å². The molecule has 0 saturated heterocycles. The van der Waals surface area contributed by atoms with Gasteiger partial charge in [0.15, 0.2) is 17.2 Å². The number of nitrogens with two attached hydrogens (primary N) is 1. The van der Waals surface area contributed by atoms with Gasteiger partial charge in [-0.05, 0) is 43.7 Å². The number of fused-ring (bicyclic) bond motifs is 3. The lowest BCUT2D eigenvalue weighted by Crippen LogP contribution is -2.40. The minimum atomic E-state index is -4.70. The van der Waals surface area contributed by atoms with Crippen LogP contribution >= 0.6 is 0 Å². The molecule has 1 aliphatic carbocycles. The fourth-order valence-corrected chi connectivity index (χ4v) is 4.44. The predicted octanol–water partition coefficient (Wildman–Crippen LogP) is 5.42. The van der Waals surface area contributed by atoms with Crippen molar-refractivity contribution in [1.82, 2.24) is 10.3 Å². The highest BCUT2D eigenvalue weighted by Gasteiger charge is 2.43. The topological polar surface area (TPSA) is 98.3 Å². The molecule has 0 spiro atoms. The fourth-order valence-electron chi connectivity index (χ4n) is 4.44. The number of aromatic nitrogens is 2. The maximum Gasteiger partial charge on any atom is 0.422 e. The molecule has 1 atom stereocenters. The highest BCUT2D eigenvalue weighted by atomic mass is 19.4. The largest absolute Gasteiger partial charge is 0.422 e. The van der Waals surface area contributed by atoms with E-state index in [1.54, 1.807) is 25.1 Å². The Morgan fingerprint density at radius 1 is 0.971 bits per heavy atom. The number of aliphatic hydroxyl groups is 1. The highest BCUT2D eigenvalue weighted by Crippen LogP contribution is 2.46. The Kier molecular flexibility index (Phi) is 5.77. The fraction of sp³-hybridized carbons (Fsp3) is 0.308. The molecule has 2 aromatic heterocycles. The van der Waals surface area contributed by atoms with Crippen LogP contribution in [-0.4, -0.2) is 27.6 Å². The maximum atomic E-state index is 14.1. The van der Waals surface area contributed by atoms with Gasteiger partial charge < -0.3 is 19.9 Å². The minimum absolute atomic E-state index is 0.0187. The second-order valence-corrected chi connectivity index (χ2v) is 9.24. The first-order chi connectivity index (χ1) is 16.7. The first kappa shape index (κ1) is 23.3.